The summed E-state index contributed by atoms with van der Waals surface area (Å²) in [6.45, 7) is 1.36. The Kier molecular flexibility index (Phi) is 3.48. The molecule has 0 aliphatic rings. The van der Waals surface area contributed by atoms with Gasteiger partial charge in [0.05, 0.1) is 25.0 Å². The van der Waals surface area contributed by atoms with Gasteiger partial charge in [-0.2, -0.15) is 0 Å². The number of pyridine rings is 1. The minimum absolute atomic E-state index is 0.667. The van der Waals surface area contributed by atoms with E-state index in [-0.39, 0.29) is 0 Å². The average Bonchev–Trinajstić information content (AvgIpc) is 2.79. The van der Waals surface area contributed by atoms with Gasteiger partial charge in [0, 0.05) is 6.20 Å². The molecule has 0 fully saturated rings. The maximum atomic E-state index is 5.17. The molecule has 4 nitrogen and oxygen atoms in total. The molecular weight excluding hydrogens is 190 g/mol. The molecule has 0 aliphatic heterocycles. The van der Waals surface area contributed by atoms with Gasteiger partial charge in [-0.1, -0.05) is 6.07 Å². The van der Waals surface area contributed by atoms with E-state index < -0.39 is 0 Å². The molecule has 4 heteroatoms. The summed E-state index contributed by atoms with van der Waals surface area (Å²) in [5.74, 6) is 0.906. The molecule has 0 spiro atoms. The van der Waals surface area contributed by atoms with Crippen molar-refractivity contribution in [1.29, 1.82) is 0 Å². The van der Waals surface area contributed by atoms with E-state index in [2.05, 4.69) is 15.8 Å². The Labute approximate surface area is 88.3 Å². The van der Waals surface area contributed by atoms with E-state index in [1.165, 1.54) is 0 Å². The highest BCUT2D eigenvalue weighted by Gasteiger charge is 1.94. The van der Waals surface area contributed by atoms with E-state index in [1.807, 2.05) is 30.3 Å². The molecule has 0 saturated heterocycles. The van der Waals surface area contributed by atoms with E-state index in [0.717, 1.165) is 11.5 Å². The summed E-state index contributed by atoms with van der Waals surface area (Å²) < 4.78 is 5.17. The number of aromatic nitrogens is 1. The van der Waals surface area contributed by atoms with Gasteiger partial charge in [-0.25, -0.2) is 5.43 Å². The van der Waals surface area contributed by atoms with E-state index >= 15 is 0 Å². The highest BCUT2D eigenvalue weighted by molar-refractivity contribution is 5.02. The average molecular weight is 203 g/mol. The summed E-state index contributed by atoms with van der Waals surface area (Å²) in [6.07, 6.45) is 3.44. The van der Waals surface area contributed by atoms with Crippen molar-refractivity contribution in [3.63, 3.8) is 0 Å². The molecule has 2 heterocycles. The first kappa shape index (κ1) is 9.89. The summed E-state index contributed by atoms with van der Waals surface area (Å²) in [6, 6.07) is 9.64. The first-order chi connectivity index (χ1) is 7.45. The third kappa shape index (κ3) is 3.19. The fourth-order valence-corrected chi connectivity index (χ4v) is 1.22. The van der Waals surface area contributed by atoms with Crippen LogP contribution in [-0.4, -0.2) is 4.98 Å². The standard InChI is InChI=1S/C11H13N3O/c1-2-6-12-10(4-1)8-13-14-9-11-5-3-7-15-11/h1-7,13-14H,8-9H2. The van der Waals surface area contributed by atoms with Gasteiger partial charge in [0.15, 0.2) is 0 Å². The highest BCUT2D eigenvalue weighted by Crippen LogP contribution is 1.97. The molecule has 0 aliphatic carbocycles. The van der Waals surface area contributed by atoms with Crippen LogP contribution >= 0.6 is 0 Å². The Bertz CT molecular complexity index is 372. The normalized spacial score (nSPS) is 10.4. The lowest BCUT2D eigenvalue weighted by Gasteiger charge is -2.04. The third-order valence-electron chi connectivity index (χ3n) is 1.96. The van der Waals surface area contributed by atoms with Crippen LogP contribution in [0.4, 0.5) is 0 Å². The van der Waals surface area contributed by atoms with E-state index in [1.54, 1.807) is 12.5 Å². The predicted molar refractivity (Wildman–Crippen MR) is 56.6 cm³/mol. The topological polar surface area (TPSA) is 50.1 Å². The molecule has 2 aromatic rings. The van der Waals surface area contributed by atoms with Crippen molar-refractivity contribution in [2.24, 2.45) is 0 Å². The summed E-state index contributed by atoms with van der Waals surface area (Å²) in [7, 11) is 0. The largest absolute Gasteiger partial charge is 0.468 e. The van der Waals surface area contributed by atoms with Crippen LogP contribution in [0.15, 0.2) is 47.2 Å². The lowest BCUT2D eigenvalue weighted by atomic mass is 10.3. The zero-order chi connectivity index (χ0) is 10.3. The molecule has 2 N–H and O–H groups in total. The SMILES string of the molecule is c1ccc(CNNCc2ccco2)nc1. The first-order valence-electron chi connectivity index (χ1n) is 4.83. The van der Waals surface area contributed by atoms with Gasteiger partial charge in [-0.3, -0.25) is 10.4 Å². The van der Waals surface area contributed by atoms with Gasteiger partial charge in [-0.15, -0.1) is 0 Å². The molecule has 0 radical (unpaired) electrons. The van der Waals surface area contributed by atoms with Crippen molar-refractivity contribution in [1.82, 2.24) is 15.8 Å². The lowest BCUT2D eigenvalue weighted by Crippen LogP contribution is -2.30. The van der Waals surface area contributed by atoms with Crippen LogP contribution in [0.5, 0.6) is 0 Å². The van der Waals surface area contributed by atoms with E-state index in [0.29, 0.717) is 13.1 Å². The Balaban J connectivity index is 1.68. The van der Waals surface area contributed by atoms with Crippen molar-refractivity contribution in [2.45, 2.75) is 13.1 Å². The zero-order valence-corrected chi connectivity index (χ0v) is 8.31. The van der Waals surface area contributed by atoms with Crippen LogP contribution in [0.3, 0.4) is 0 Å². The number of rotatable bonds is 5. The van der Waals surface area contributed by atoms with Crippen LogP contribution in [0.25, 0.3) is 0 Å². The monoisotopic (exact) mass is 203 g/mol. The molecule has 0 aromatic carbocycles. The second kappa shape index (κ2) is 5.29. The molecule has 0 atom stereocenters. The van der Waals surface area contributed by atoms with Gasteiger partial charge in [0.25, 0.3) is 0 Å². The smallest absolute Gasteiger partial charge is 0.118 e. The molecule has 0 bridgehead atoms. The van der Waals surface area contributed by atoms with Crippen molar-refractivity contribution in [2.75, 3.05) is 0 Å². The minimum atomic E-state index is 0.667. The van der Waals surface area contributed by atoms with Crippen molar-refractivity contribution >= 4 is 0 Å². The molecule has 0 unspecified atom stereocenters. The number of hydrogen-bond donors (Lipinski definition) is 2. The Morgan fingerprint density at radius 1 is 1.07 bits per heavy atom. The fourth-order valence-electron chi connectivity index (χ4n) is 1.22. The fraction of sp³-hybridized carbons (Fsp3) is 0.182. The van der Waals surface area contributed by atoms with Crippen molar-refractivity contribution in [3.8, 4) is 0 Å². The Morgan fingerprint density at radius 2 is 2.00 bits per heavy atom. The summed E-state index contributed by atoms with van der Waals surface area (Å²) in [4.78, 5) is 4.19. The van der Waals surface area contributed by atoms with Crippen molar-refractivity contribution < 1.29 is 4.42 Å². The predicted octanol–water partition coefficient (Wildman–Crippen LogP) is 1.47. The zero-order valence-electron chi connectivity index (χ0n) is 8.31. The Hall–Kier alpha value is -1.65. The molecule has 2 rings (SSSR count). The second-order valence-electron chi connectivity index (χ2n) is 3.11. The molecule has 0 saturated carbocycles. The van der Waals surface area contributed by atoms with Gasteiger partial charge < -0.3 is 4.42 Å². The maximum Gasteiger partial charge on any atom is 0.118 e. The van der Waals surface area contributed by atoms with Crippen LogP contribution in [0, 0.1) is 0 Å². The molecule has 2 aromatic heterocycles. The second-order valence-corrected chi connectivity index (χ2v) is 3.11. The van der Waals surface area contributed by atoms with Crippen LogP contribution in [0.2, 0.25) is 0 Å². The van der Waals surface area contributed by atoms with Crippen LogP contribution in [0.1, 0.15) is 11.5 Å². The van der Waals surface area contributed by atoms with E-state index in [4.69, 9.17) is 4.42 Å². The lowest BCUT2D eigenvalue weighted by molar-refractivity contribution is 0.443. The molecule has 0 amide bonds. The van der Waals surface area contributed by atoms with Crippen molar-refractivity contribution in [3.05, 3.63) is 54.2 Å². The summed E-state index contributed by atoms with van der Waals surface area (Å²) in [5.41, 5.74) is 7.12. The van der Waals surface area contributed by atoms with Gasteiger partial charge >= 0.3 is 0 Å². The molecular formula is C11H13N3O. The third-order valence-corrected chi connectivity index (χ3v) is 1.96. The van der Waals surface area contributed by atoms with E-state index in [9.17, 15) is 0 Å². The number of hydrazine groups is 1. The number of furan rings is 1. The maximum absolute atomic E-state index is 5.17. The Morgan fingerprint density at radius 3 is 2.73 bits per heavy atom. The van der Waals surface area contributed by atoms with Crippen LogP contribution in [-0.2, 0) is 13.1 Å². The minimum Gasteiger partial charge on any atom is -0.468 e. The number of nitrogens with one attached hydrogen (secondary N) is 2. The molecule has 78 valence electrons. The van der Waals surface area contributed by atoms with Crippen LogP contribution < -0.4 is 10.9 Å². The quantitative estimate of drug-likeness (QED) is 0.570. The van der Waals surface area contributed by atoms with Gasteiger partial charge in [0.1, 0.15) is 5.76 Å². The van der Waals surface area contributed by atoms with Gasteiger partial charge in [0.2, 0.25) is 0 Å². The molecule has 15 heavy (non-hydrogen) atoms. The highest BCUT2D eigenvalue weighted by atomic mass is 16.3. The first-order valence-corrected chi connectivity index (χ1v) is 4.83. The summed E-state index contributed by atoms with van der Waals surface area (Å²) in [5, 5.41) is 0. The van der Waals surface area contributed by atoms with Gasteiger partial charge in [-0.05, 0) is 24.3 Å². The summed E-state index contributed by atoms with van der Waals surface area (Å²) >= 11 is 0. The number of nitrogens with zero attached hydrogens (tertiary/aromatic N) is 1. The number of hydrogen-bond acceptors (Lipinski definition) is 4.